The first-order chi connectivity index (χ1) is 8.47. The van der Waals surface area contributed by atoms with Gasteiger partial charge >= 0.3 is 0 Å². The topological polar surface area (TPSA) is 32.3 Å². The van der Waals surface area contributed by atoms with E-state index in [1.165, 1.54) is 12.1 Å². The summed E-state index contributed by atoms with van der Waals surface area (Å²) in [5, 5.41) is 3.32. The monoisotopic (exact) mass is 250 g/mol. The van der Waals surface area contributed by atoms with Gasteiger partial charge in [-0.15, -0.1) is 0 Å². The third-order valence-electron chi connectivity index (χ3n) is 3.31. The summed E-state index contributed by atoms with van der Waals surface area (Å²) in [5.41, 5.74) is 1.21. The maximum absolute atomic E-state index is 13.3. The molecule has 1 aromatic rings. The Labute approximate surface area is 107 Å². The summed E-state index contributed by atoms with van der Waals surface area (Å²) in [6.45, 7) is 7.28. The van der Waals surface area contributed by atoms with Gasteiger partial charge < -0.3 is 10.2 Å². The number of carbonyl (C=O) groups is 1. The molecule has 18 heavy (non-hydrogen) atoms. The molecule has 1 fully saturated rings. The summed E-state index contributed by atoms with van der Waals surface area (Å²) in [6, 6.07) is 4.90. The van der Waals surface area contributed by atoms with Crippen molar-refractivity contribution in [2.75, 3.05) is 13.1 Å². The highest BCUT2D eigenvalue weighted by atomic mass is 19.1. The van der Waals surface area contributed by atoms with Gasteiger partial charge in [0.1, 0.15) is 5.82 Å². The first-order valence-electron chi connectivity index (χ1n) is 6.29. The Hall–Kier alpha value is -1.42. The Bertz CT molecular complexity index is 441. The van der Waals surface area contributed by atoms with E-state index in [4.69, 9.17) is 0 Å². The SMILES string of the molecule is Cc1cc(F)cc(C(=O)N2CC(C)NCC2C)c1. The molecule has 4 heteroatoms. The van der Waals surface area contributed by atoms with E-state index in [1.54, 1.807) is 13.0 Å². The fourth-order valence-electron chi connectivity index (χ4n) is 2.33. The molecule has 2 unspecified atom stereocenters. The summed E-state index contributed by atoms with van der Waals surface area (Å²) in [4.78, 5) is 14.2. The minimum atomic E-state index is -0.353. The van der Waals surface area contributed by atoms with Crippen LogP contribution in [0, 0.1) is 12.7 Å². The summed E-state index contributed by atoms with van der Waals surface area (Å²) in [6.07, 6.45) is 0. The van der Waals surface area contributed by atoms with Gasteiger partial charge in [-0.05, 0) is 44.5 Å². The smallest absolute Gasteiger partial charge is 0.254 e. The number of carbonyl (C=O) groups excluding carboxylic acids is 1. The van der Waals surface area contributed by atoms with Crippen molar-refractivity contribution in [3.05, 3.63) is 35.1 Å². The molecule has 0 radical (unpaired) electrons. The van der Waals surface area contributed by atoms with Crippen LogP contribution in [0.5, 0.6) is 0 Å². The number of piperazine rings is 1. The number of nitrogens with zero attached hydrogens (tertiary/aromatic N) is 1. The average Bonchev–Trinajstić information content (AvgIpc) is 2.30. The Morgan fingerprint density at radius 3 is 2.78 bits per heavy atom. The van der Waals surface area contributed by atoms with Crippen LogP contribution >= 0.6 is 0 Å². The van der Waals surface area contributed by atoms with Crippen LogP contribution in [-0.2, 0) is 0 Å². The zero-order valence-corrected chi connectivity index (χ0v) is 11.0. The lowest BCUT2D eigenvalue weighted by atomic mass is 10.1. The van der Waals surface area contributed by atoms with Crippen molar-refractivity contribution >= 4 is 5.91 Å². The number of amides is 1. The van der Waals surface area contributed by atoms with E-state index >= 15 is 0 Å². The van der Waals surface area contributed by atoms with Crippen LogP contribution in [0.1, 0.15) is 29.8 Å². The molecule has 1 heterocycles. The fraction of sp³-hybridized carbons (Fsp3) is 0.500. The van der Waals surface area contributed by atoms with Gasteiger partial charge in [-0.1, -0.05) is 0 Å². The second kappa shape index (κ2) is 5.06. The lowest BCUT2D eigenvalue weighted by Crippen LogP contribution is -2.56. The highest BCUT2D eigenvalue weighted by molar-refractivity contribution is 5.94. The number of hydrogen-bond donors (Lipinski definition) is 1. The van der Waals surface area contributed by atoms with E-state index in [0.29, 0.717) is 12.1 Å². The molecule has 1 amide bonds. The van der Waals surface area contributed by atoms with Crippen LogP contribution in [0.15, 0.2) is 18.2 Å². The van der Waals surface area contributed by atoms with Gasteiger partial charge in [0.15, 0.2) is 0 Å². The van der Waals surface area contributed by atoms with Crippen molar-refractivity contribution in [3.8, 4) is 0 Å². The van der Waals surface area contributed by atoms with E-state index in [2.05, 4.69) is 5.32 Å². The first-order valence-corrected chi connectivity index (χ1v) is 6.29. The Morgan fingerprint density at radius 1 is 1.39 bits per heavy atom. The highest BCUT2D eigenvalue weighted by Gasteiger charge is 2.27. The van der Waals surface area contributed by atoms with Crippen molar-refractivity contribution in [2.24, 2.45) is 0 Å². The number of hydrogen-bond acceptors (Lipinski definition) is 2. The van der Waals surface area contributed by atoms with E-state index in [0.717, 1.165) is 12.1 Å². The van der Waals surface area contributed by atoms with Crippen molar-refractivity contribution in [3.63, 3.8) is 0 Å². The zero-order chi connectivity index (χ0) is 13.3. The van der Waals surface area contributed by atoms with Gasteiger partial charge in [0.2, 0.25) is 0 Å². The summed E-state index contributed by atoms with van der Waals surface area (Å²) < 4.78 is 13.3. The third-order valence-corrected chi connectivity index (χ3v) is 3.31. The van der Waals surface area contributed by atoms with Crippen molar-refractivity contribution in [1.29, 1.82) is 0 Å². The summed E-state index contributed by atoms with van der Waals surface area (Å²) >= 11 is 0. The van der Waals surface area contributed by atoms with E-state index in [-0.39, 0.29) is 23.8 Å². The van der Waals surface area contributed by atoms with E-state index in [1.807, 2.05) is 18.7 Å². The second-order valence-corrected chi connectivity index (χ2v) is 5.13. The Balaban J connectivity index is 2.24. The minimum Gasteiger partial charge on any atom is -0.333 e. The van der Waals surface area contributed by atoms with Gasteiger partial charge in [0.25, 0.3) is 5.91 Å². The van der Waals surface area contributed by atoms with Crippen molar-refractivity contribution in [2.45, 2.75) is 32.9 Å². The molecule has 1 N–H and O–H groups in total. The van der Waals surface area contributed by atoms with Gasteiger partial charge in [-0.2, -0.15) is 0 Å². The quantitative estimate of drug-likeness (QED) is 0.826. The van der Waals surface area contributed by atoms with Crippen molar-refractivity contribution in [1.82, 2.24) is 10.2 Å². The molecule has 1 saturated heterocycles. The first kappa shape index (κ1) is 13.0. The van der Waals surface area contributed by atoms with Gasteiger partial charge in [0, 0.05) is 30.7 Å². The molecule has 0 saturated carbocycles. The third kappa shape index (κ3) is 2.70. The minimum absolute atomic E-state index is 0.0848. The van der Waals surface area contributed by atoms with E-state index < -0.39 is 0 Å². The fourth-order valence-corrected chi connectivity index (χ4v) is 2.33. The van der Waals surface area contributed by atoms with Crippen molar-refractivity contribution < 1.29 is 9.18 Å². The molecular formula is C14H19FN2O. The normalized spacial score (nSPS) is 24.1. The zero-order valence-electron chi connectivity index (χ0n) is 11.0. The molecule has 0 bridgehead atoms. The highest BCUT2D eigenvalue weighted by Crippen LogP contribution is 2.15. The molecule has 0 aromatic heterocycles. The number of nitrogens with one attached hydrogen (secondary N) is 1. The van der Waals surface area contributed by atoms with Crippen LogP contribution in [0.4, 0.5) is 4.39 Å². The lowest BCUT2D eigenvalue weighted by Gasteiger charge is -2.37. The molecule has 1 aliphatic heterocycles. The number of halogens is 1. The molecule has 1 aromatic carbocycles. The second-order valence-electron chi connectivity index (χ2n) is 5.13. The standard InChI is InChI=1S/C14H19FN2O/c1-9-4-12(6-13(15)5-9)14(18)17-8-10(2)16-7-11(17)3/h4-6,10-11,16H,7-8H2,1-3H3. The predicted octanol–water partition coefficient (Wildman–Crippen LogP) is 1.96. The lowest BCUT2D eigenvalue weighted by molar-refractivity contribution is 0.0615. The number of benzene rings is 1. The molecule has 0 spiro atoms. The Morgan fingerprint density at radius 2 is 2.11 bits per heavy atom. The molecule has 3 nitrogen and oxygen atoms in total. The van der Waals surface area contributed by atoms with Crippen LogP contribution in [0.3, 0.4) is 0 Å². The van der Waals surface area contributed by atoms with Gasteiger partial charge in [-0.3, -0.25) is 4.79 Å². The van der Waals surface area contributed by atoms with Crippen LogP contribution in [0.2, 0.25) is 0 Å². The molecule has 1 aliphatic rings. The maximum Gasteiger partial charge on any atom is 0.254 e. The summed E-state index contributed by atoms with van der Waals surface area (Å²) in [5.74, 6) is -0.437. The number of rotatable bonds is 1. The van der Waals surface area contributed by atoms with Crippen LogP contribution in [0.25, 0.3) is 0 Å². The maximum atomic E-state index is 13.3. The van der Waals surface area contributed by atoms with Crippen LogP contribution < -0.4 is 5.32 Å². The average molecular weight is 250 g/mol. The molecular weight excluding hydrogens is 231 g/mol. The molecule has 2 atom stereocenters. The largest absolute Gasteiger partial charge is 0.333 e. The summed E-state index contributed by atoms with van der Waals surface area (Å²) in [7, 11) is 0. The molecule has 2 rings (SSSR count). The van der Waals surface area contributed by atoms with E-state index in [9.17, 15) is 9.18 Å². The van der Waals surface area contributed by atoms with Gasteiger partial charge in [0.05, 0.1) is 0 Å². The van der Waals surface area contributed by atoms with Crippen LogP contribution in [-0.4, -0.2) is 36.0 Å². The van der Waals surface area contributed by atoms with Gasteiger partial charge in [-0.25, -0.2) is 4.39 Å². The Kier molecular flexibility index (Phi) is 3.66. The predicted molar refractivity (Wildman–Crippen MR) is 69.1 cm³/mol. The molecule has 0 aliphatic carbocycles. The molecule has 98 valence electrons. The number of aryl methyl sites for hydroxylation is 1.